The van der Waals surface area contributed by atoms with Gasteiger partial charge >= 0.3 is 0 Å². The molecule has 20 heavy (non-hydrogen) atoms. The molecule has 0 radical (unpaired) electrons. The average Bonchev–Trinajstić information content (AvgIpc) is 2.49. The quantitative estimate of drug-likeness (QED) is 0.894. The lowest BCUT2D eigenvalue weighted by Crippen LogP contribution is -2.33. The van der Waals surface area contributed by atoms with Gasteiger partial charge in [-0.05, 0) is 44.6 Å². The molecule has 0 bridgehead atoms. The van der Waals surface area contributed by atoms with Crippen LogP contribution in [0.4, 0.5) is 4.39 Å². The lowest BCUT2D eigenvalue weighted by Gasteiger charge is -2.38. The molecule has 1 atom stereocenters. The highest BCUT2D eigenvalue weighted by Gasteiger charge is 2.43. The predicted molar refractivity (Wildman–Crippen MR) is 76.4 cm³/mol. The Morgan fingerprint density at radius 3 is 2.65 bits per heavy atom. The van der Waals surface area contributed by atoms with Crippen molar-refractivity contribution < 1.29 is 9.50 Å². The smallest absolute Gasteiger partial charge is 0.129 e. The summed E-state index contributed by atoms with van der Waals surface area (Å²) < 4.78 is 14.0. The van der Waals surface area contributed by atoms with Crippen LogP contribution < -0.4 is 0 Å². The number of aliphatic hydroxyl groups is 1. The van der Waals surface area contributed by atoms with E-state index >= 15 is 0 Å². The van der Waals surface area contributed by atoms with Crippen molar-refractivity contribution in [3.05, 3.63) is 35.1 Å². The second kappa shape index (κ2) is 5.93. The second-order valence-corrected chi connectivity index (χ2v) is 6.05. The summed E-state index contributed by atoms with van der Waals surface area (Å²) in [6.45, 7) is 4.02. The average molecular weight is 275 g/mol. The highest BCUT2D eigenvalue weighted by Crippen LogP contribution is 2.48. The minimum atomic E-state index is -1.04. The molecule has 0 spiro atoms. The molecule has 1 aromatic carbocycles. The summed E-state index contributed by atoms with van der Waals surface area (Å²) >= 11 is 0. The molecular formula is C17H22FNO. The summed E-state index contributed by atoms with van der Waals surface area (Å²) in [5, 5.41) is 20.2. The van der Waals surface area contributed by atoms with Crippen LogP contribution in [0.2, 0.25) is 0 Å². The fourth-order valence-corrected chi connectivity index (χ4v) is 3.22. The highest BCUT2D eigenvalue weighted by atomic mass is 19.1. The minimum absolute atomic E-state index is 0.265. The maximum Gasteiger partial charge on any atom is 0.129 e. The van der Waals surface area contributed by atoms with E-state index in [1.165, 1.54) is 6.07 Å². The van der Waals surface area contributed by atoms with Crippen molar-refractivity contribution in [2.24, 2.45) is 11.3 Å². The molecular weight excluding hydrogens is 253 g/mol. The number of halogens is 1. The van der Waals surface area contributed by atoms with Crippen LogP contribution in [0, 0.1) is 35.4 Å². The Kier molecular flexibility index (Phi) is 4.45. The molecule has 1 saturated carbocycles. The van der Waals surface area contributed by atoms with Crippen LogP contribution in [0.15, 0.2) is 18.2 Å². The molecule has 1 fully saturated rings. The number of hydrogen-bond donors (Lipinski definition) is 1. The van der Waals surface area contributed by atoms with E-state index in [0.717, 1.165) is 24.8 Å². The zero-order chi connectivity index (χ0) is 14.8. The number of nitrogens with zero attached hydrogens (tertiary/aromatic N) is 1. The first-order valence-electron chi connectivity index (χ1n) is 7.38. The highest BCUT2D eigenvalue weighted by molar-refractivity contribution is 5.29. The van der Waals surface area contributed by atoms with Crippen LogP contribution in [-0.4, -0.2) is 5.11 Å². The van der Waals surface area contributed by atoms with Crippen LogP contribution in [0.5, 0.6) is 0 Å². The van der Waals surface area contributed by atoms with E-state index in [-0.39, 0.29) is 5.56 Å². The van der Waals surface area contributed by atoms with Crippen molar-refractivity contribution in [3.63, 3.8) is 0 Å². The third-order valence-corrected chi connectivity index (χ3v) is 4.77. The van der Waals surface area contributed by atoms with Crippen LogP contribution in [0.1, 0.15) is 56.3 Å². The number of aryl methyl sites for hydroxylation is 1. The van der Waals surface area contributed by atoms with Crippen molar-refractivity contribution in [2.75, 3.05) is 0 Å². The zero-order valence-corrected chi connectivity index (χ0v) is 12.2. The van der Waals surface area contributed by atoms with Crippen LogP contribution >= 0.6 is 0 Å². The Bertz CT molecular complexity index is 512. The third kappa shape index (κ3) is 2.71. The van der Waals surface area contributed by atoms with E-state index in [2.05, 4.69) is 13.0 Å². The largest absolute Gasteiger partial charge is 0.387 e. The number of aliphatic hydroxyl groups excluding tert-OH is 1. The van der Waals surface area contributed by atoms with Crippen molar-refractivity contribution in [2.45, 2.75) is 52.1 Å². The second-order valence-electron chi connectivity index (χ2n) is 6.05. The van der Waals surface area contributed by atoms with Gasteiger partial charge in [-0.3, -0.25) is 0 Å². The van der Waals surface area contributed by atoms with Crippen LogP contribution in [-0.2, 0) is 0 Å². The molecule has 3 heteroatoms. The molecule has 0 aliphatic heterocycles. The molecule has 108 valence electrons. The van der Waals surface area contributed by atoms with E-state index in [9.17, 15) is 14.8 Å². The van der Waals surface area contributed by atoms with Gasteiger partial charge < -0.3 is 5.11 Å². The van der Waals surface area contributed by atoms with E-state index < -0.39 is 17.3 Å². The van der Waals surface area contributed by atoms with E-state index in [0.29, 0.717) is 18.8 Å². The van der Waals surface area contributed by atoms with Gasteiger partial charge in [-0.15, -0.1) is 0 Å². The summed E-state index contributed by atoms with van der Waals surface area (Å²) in [4.78, 5) is 0. The summed E-state index contributed by atoms with van der Waals surface area (Å²) in [6.07, 6.45) is 3.25. The molecule has 2 rings (SSSR count). The van der Waals surface area contributed by atoms with Gasteiger partial charge in [0.1, 0.15) is 11.9 Å². The van der Waals surface area contributed by atoms with Gasteiger partial charge in [-0.1, -0.05) is 31.0 Å². The summed E-state index contributed by atoms with van der Waals surface area (Å²) in [5.41, 5.74) is 0.331. The van der Waals surface area contributed by atoms with E-state index in [4.69, 9.17) is 0 Å². The standard InChI is InChI=1S/C17H22FNO/c1-3-13-6-8-17(11-19,9-7-13)16(20)14-10-12(2)4-5-15(14)18/h4-5,10,13,16,20H,3,6-9H2,1-2H3. The fourth-order valence-electron chi connectivity index (χ4n) is 3.22. The van der Waals surface area contributed by atoms with Crippen LogP contribution in [0.3, 0.4) is 0 Å². The van der Waals surface area contributed by atoms with Gasteiger partial charge in [0.25, 0.3) is 0 Å². The van der Waals surface area contributed by atoms with Gasteiger partial charge in [0.05, 0.1) is 11.5 Å². The molecule has 0 aromatic heterocycles. The monoisotopic (exact) mass is 275 g/mol. The molecule has 1 aliphatic rings. The molecule has 0 amide bonds. The maximum absolute atomic E-state index is 14.0. The molecule has 1 aromatic rings. The molecule has 0 heterocycles. The first-order chi connectivity index (χ1) is 9.52. The fraction of sp³-hybridized carbons (Fsp3) is 0.588. The predicted octanol–water partition coefficient (Wildman–Crippen LogP) is 4.28. The Morgan fingerprint density at radius 1 is 1.45 bits per heavy atom. The van der Waals surface area contributed by atoms with Crippen LogP contribution in [0.25, 0.3) is 0 Å². The Hall–Kier alpha value is -1.40. The normalized spacial score (nSPS) is 27.9. The van der Waals surface area contributed by atoms with Gasteiger partial charge in [-0.2, -0.15) is 5.26 Å². The number of benzene rings is 1. The maximum atomic E-state index is 14.0. The topological polar surface area (TPSA) is 44.0 Å². The van der Waals surface area contributed by atoms with Gasteiger partial charge in [0, 0.05) is 5.56 Å². The minimum Gasteiger partial charge on any atom is -0.387 e. The lowest BCUT2D eigenvalue weighted by atomic mass is 9.66. The third-order valence-electron chi connectivity index (χ3n) is 4.77. The van der Waals surface area contributed by atoms with Crippen molar-refractivity contribution in [1.82, 2.24) is 0 Å². The van der Waals surface area contributed by atoms with Gasteiger partial charge in [0.15, 0.2) is 0 Å². The lowest BCUT2D eigenvalue weighted by molar-refractivity contribution is 0.0219. The first-order valence-corrected chi connectivity index (χ1v) is 7.38. The molecule has 1 N–H and O–H groups in total. The van der Waals surface area contributed by atoms with Gasteiger partial charge in [-0.25, -0.2) is 4.39 Å². The Labute approximate surface area is 120 Å². The van der Waals surface area contributed by atoms with Crippen molar-refractivity contribution in [3.8, 4) is 6.07 Å². The zero-order valence-electron chi connectivity index (χ0n) is 12.2. The number of nitriles is 1. The van der Waals surface area contributed by atoms with Crippen molar-refractivity contribution >= 4 is 0 Å². The van der Waals surface area contributed by atoms with E-state index in [1.54, 1.807) is 12.1 Å². The molecule has 1 aliphatic carbocycles. The number of hydrogen-bond acceptors (Lipinski definition) is 2. The summed E-state index contributed by atoms with van der Waals surface area (Å²) in [5.74, 6) is 0.210. The van der Waals surface area contributed by atoms with Gasteiger partial charge in [0.2, 0.25) is 0 Å². The molecule has 0 saturated heterocycles. The molecule has 1 unspecified atom stereocenters. The van der Waals surface area contributed by atoms with Crippen molar-refractivity contribution in [1.29, 1.82) is 5.26 Å². The number of rotatable bonds is 3. The molecule has 2 nitrogen and oxygen atoms in total. The van der Waals surface area contributed by atoms with E-state index in [1.807, 2.05) is 6.92 Å². The SMILES string of the molecule is CCC1CCC(C#N)(C(O)c2cc(C)ccc2F)CC1. The Morgan fingerprint density at radius 2 is 2.10 bits per heavy atom. The summed E-state index contributed by atoms with van der Waals surface area (Å²) in [6, 6.07) is 7.00. The first kappa shape index (κ1) is 15.0. The summed E-state index contributed by atoms with van der Waals surface area (Å²) in [7, 11) is 0. The Balaban J connectivity index is 2.28.